The first-order valence-electron chi connectivity index (χ1n) is 9.56. The van der Waals surface area contributed by atoms with Crippen LogP contribution in [0.5, 0.6) is 0 Å². The van der Waals surface area contributed by atoms with Crippen LogP contribution in [0.3, 0.4) is 0 Å². The van der Waals surface area contributed by atoms with Crippen molar-refractivity contribution in [1.82, 2.24) is 0 Å². The van der Waals surface area contributed by atoms with Crippen LogP contribution in [-0.4, -0.2) is 51.5 Å². The zero-order valence-corrected chi connectivity index (χ0v) is 15.2. The van der Waals surface area contributed by atoms with E-state index in [1.54, 1.807) is 0 Å². The molecule has 4 saturated carbocycles. The quantitative estimate of drug-likeness (QED) is 0.545. The molecule has 6 rings (SSSR count). The number of carbonyl (C=O) groups is 2. The topological polar surface area (TPSA) is 104 Å². The first-order valence-corrected chi connectivity index (χ1v) is 9.56. The molecule has 0 aromatic heterocycles. The Morgan fingerprint density at radius 3 is 2.54 bits per heavy atom. The van der Waals surface area contributed by atoms with E-state index >= 15 is 0 Å². The Morgan fingerprint density at radius 1 is 1.15 bits per heavy atom. The summed E-state index contributed by atoms with van der Waals surface area (Å²) in [4.78, 5) is 26.6. The van der Waals surface area contributed by atoms with Gasteiger partial charge >= 0.3 is 0 Å². The van der Waals surface area contributed by atoms with Crippen LogP contribution in [0.2, 0.25) is 0 Å². The second-order valence-electron chi connectivity index (χ2n) is 9.76. The number of aliphatic hydroxyl groups excluding tert-OH is 2. The summed E-state index contributed by atoms with van der Waals surface area (Å²) in [7, 11) is 0. The van der Waals surface area contributed by atoms with Crippen LogP contribution >= 0.6 is 0 Å². The summed E-state index contributed by atoms with van der Waals surface area (Å²) in [6, 6.07) is 0. The van der Waals surface area contributed by atoms with E-state index < -0.39 is 52.4 Å². The Kier molecular flexibility index (Phi) is 2.94. The molecule has 6 heteroatoms. The molecule has 0 aromatic carbocycles. The molecule has 4 aliphatic carbocycles. The lowest BCUT2D eigenvalue weighted by molar-refractivity contribution is -0.437. The summed E-state index contributed by atoms with van der Waals surface area (Å²) >= 11 is 0. The number of fused-ring (bicyclic) bond motifs is 2. The van der Waals surface area contributed by atoms with Crippen molar-refractivity contribution in [2.45, 2.75) is 57.5 Å². The van der Waals surface area contributed by atoms with E-state index in [0.29, 0.717) is 25.7 Å². The number of ketones is 2. The van der Waals surface area contributed by atoms with E-state index in [1.165, 1.54) is 0 Å². The van der Waals surface area contributed by atoms with Crippen LogP contribution in [0, 0.1) is 34.0 Å². The van der Waals surface area contributed by atoms with Crippen molar-refractivity contribution >= 4 is 11.6 Å². The third-order valence-corrected chi connectivity index (χ3v) is 8.65. The van der Waals surface area contributed by atoms with Crippen LogP contribution in [0.25, 0.3) is 0 Å². The van der Waals surface area contributed by atoms with Crippen molar-refractivity contribution in [2.75, 3.05) is 6.61 Å². The van der Waals surface area contributed by atoms with E-state index in [2.05, 4.69) is 6.58 Å². The maximum atomic E-state index is 13.3. The Morgan fingerprint density at radius 2 is 1.85 bits per heavy atom. The van der Waals surface area contributed by atoms with Gasteiger partial charge in [-0.1, -0.05) is 20.4 Å². The Bertz CT molecular complexity index is 757. The molecule has 2 saturated heterocycles. The zero-order valence-electron chi connectivity index (χ0n) is 15.2. The van der Waals surface area contributed by atoms with Gasteiger partial charge in [-0.25, -0.2) is 0 Å². The number of rotatable bonds is 0. The summed E-state index contributed by atoms with van der Waals surface area (Å²) in [5.74, 6) is -4.12. The fourth-order valence-corrected chi connectivity index (χ4v) is 7.63. The van der Waals surface area contributed by atoms with Gasteiger partial charge in [0.1, 0.15) is 17.3 Å². The highest BCUT2D eigenvalue weighted by Crippen LogP contribution is 2.75. The first-order chi connectivity index (χ1) is 12.1. The maximum Gasteiger partial charge on any atom is 0.208 e. The minimum Gasteiger partial charge on any atom is -0.391 e. The predicted octanol–water partition coefficient (Wildman–Crippen LogP) is 0.584. The van der Waals surface area contributed by atoms with Gasteiger partial charge in [0.15, 0.2) is 5.78 Å². The molecule has 6 nitrogen and oxygen atoms in total. The van der Waals surface area contributed by atoms with Crippen molar-refractivity contribution in [3.63, 3.8) is 0 Å². The van der Waals surface area contributed by atoms with E-state index in [-0.39, 0.29) is 23.4 Å². The van der Waals surface area contributed by atoms with Gasteiger partial charge in [0, 0.05) is 18.3 Å². The van der Waals surface area contributed by atoms with Crippen LogP contribution in [0.15, 0.2) is 12.2 Å². The normalized spacial score (nSPS) is 57.1. The van der Waals surface area contributed by atoms with E-state index in [4.69, 9.17) is 4.74 Å². The Hall–Kier alpha value is -1.08. The van der Waals surface area contributed by atoms with Gasteiger partial charge < -0.3 is 20.1 Å². The van der Waals surface area contributed by atoms with Crippen LogP contribution in [0.4, 0.5) is 0 Å². The third-order valence-electron chi connectivity index (χ3n) is 8.65. The van der Waals surface area contributed by atoms with E-state index in [1.807, 2.05) is 13.8 Å². The van der Waals surface area contributed by atoms with Crippen molar-refractivity contribution in [1.29, 1.82) is 0 Å². The molecular formula is C20H26O6. The highest BCUT2D eigenvalue weighted by Gasteiger charge is 2.87. The highest BCUT2D eigenvalue weighted by molar-refractivity contribution is 6.06. The number of aliphatic hydroxyl groups is 3. The number of Topliss-reactive ketones (excluding diaryl/α,β-unsaturated/α-hetero) is 2. The fourth-order valence-electron chi connectivity index (χ4n) is 7.63. The molecule has 0 aromatic rings. The summed E-state index contributed by atoms with van der Waals surface area (Å²) in [6.07, 6.45) is -0.502. The lowest BCUT2D eigenvalue weighted by Gasteiger charge is -2.72. The smallest absolute Gasteiger partial charge is 0.208 e. The average Bonchev–Trinajstić information content (AvgIpc) is 2.69. The van der Waals surface area contributed by atoms with Crippen molar-refractivity contribution in [3.05, 3.63) is 12.2 Å². The molecule has 2 aliphatic heterocycles. The molecule has 142 valence electrons. The molecule has 0 radical (unpaired) electrons. The van der Waals surface area contributed by atoms with Crippen molar-refractivity contribution in [2.24, 2.45) is 34.0 Å². The van der Waals surface area contributed by atoms with Crippen molar-refractivity contribution < 1.29 is 29.6 Å². The number of ether oxygens (including phenoxy) is 1. The minimum absolute atomic E-state index is 0.00293. The zero-order chi connectivity index (χ0) is 18.9. The highest BCUT2D eigenvalue weighted by atomic mass is 16.6. The van der Waals surface area contributed by atoms with Crippen LogP contribution in [-0.2, 0) is 14.3 Å². The Balaban J connectivity index is 1.83. The lowest BCUT2D eigenvalue weighted by Crippen LogP contribution is -2.85. The largest absolute Gasteiger partial charge is 0.391 e. The van der Waals surface area contributed by atoms with Crippen molar-refractivity contribution in [3.8, 4) is 0 Å². The van der Waals surface area contributed by atoms with E-state index in [9.17, 15) is 24.9 Å². The van der Waals surface area contributed by atoms with Gasteiger partial charge in [0.05, 0.1) is 18.1 Å². The second-order valence-corrected chi connectivity index (χ2v) is 9.76. The minimum atomic E-state index is -2.19. The lowest BCUT2D eigenvalue weighted by atomic mass is 9.36. The van der Waals surface area contributed by atoms with Gasteiger partial charge in [-0.3, -0.25) is 9.59 Å². The summed E-state index contributed by atoms with van der Waals surface area (Å²) in [5.41, 5.74) is -2.83. The molecule has 0 amide bonds. The van der Waals surface area contributed by atoms with E-state index in [0.717, 1.165) is 0 Å². The molecule has 8 atom stereocenters. The van der Waals surface area contributed by atoms with Gasteiger partial charge in [-0.05, 0) is 36.2 Å². The molecule has 4 bridgehead atoms. The molecule has 2 unspecified atom stereocenters. The standard InChI is InChI=1S/C20H26O6/c1-9-10-4-5-11-18-8-26-20(25,19(11,14(9)22)15(10)23)16(24)13(18)17(2,3)7-6-12(18)21/h10-11,13,15-16,23-25H,1,4-8H2,2-3H3/t10-,11?,13+,15+,16-,18+,19-,20?/m0/s1. The fraction of sp³-hybridized carbons (Fsp3) is 0.800. The van der Waals surface area contributed by atoms with Gasteiger partial charge in [-0.15, -0.1) is 0 Å². The number of hydrogen-bond acceptors (Lipinski definition) is 6. The van der Waals surface area contributed by atoms with Crippen LogP contribution < -0.4 is 0 Å². The maximum absolute atomic E-state index is 13.3. The molecule has 26 heavy (non-hydrogen) atoms. The molecule has 2 spiro atoms. The second kappa shape index (κ2) is 4.49. The molecule has 6 aliphatic rings. The Labute approximate surface area is 152 Å². The van der Waals surface area contributed by atoms with Gasteiger partial charge in [0.2, 0.25) is 5.79 Å². The van der Waals surface area contributed by atoms with Crippen LogP contribution in [0.1, 0.15) is 39.5 Å². The third kappa shape index (κ3) is 1.36. The molecule has 2 heterocycles. The predicted molar refractivity (Wildman–Crippen MR) is 89.7 cm³/mol. The SMILES string of the molecule is C=C1C(=O)[C@@]23C(CC[C@@H]1[C@H]2O)[C@@]12COC3(O)[C@@H](O)[C@@H]1C(C)(C)CCC2=O. The number of hydrogen-bond donors (Lipinski definition) is 3. The summed E-state index contributed by atoms with van der Waals surface area (Å²) in [5, 5.41) is 33.9. The average molecular weight is 362 g/mol. The number of carbonyl (C=O) groups excluding carboxylic acids is 2. The molecule has 3 N–H and O–H groups in total. The van der Waals surface area contributed by atoms with Gasteiger partial charge in [0.25, 0.3) is 0 Å². The molecular weight excluding hydrogens is 336 g/mol. The summed E-state index contributed by atoms with van der Waals surface area (Å²) < 4.78 is 5.74. The first kappa shape index (κ1) is 17.0. The van der Waals surface area contributed by atoms with Gasteiger partial charge in [-0.2, -0.15) is 0 Å². The monoisotopic (exact) mass is 362 g/mol. The molecule has 6 fully saturated rings. The summed E-state index contributed by atoms with van der Waals surface area (Å²) in [6.45, 7) is 7.86.